The Labute approximate surface area is 162 Å². The lowest BCUT2D eigenvalue weighted by Gasteiger charge is -2.12. The molecule has 2 aromatic heterocycles. The number of nitrogens with zero attached hydrogens (tertiary/aromatic N) is 3. The molecular formula is C22H18N4O2. The molecule has 2 aromatic carbocycles. The van der Waals surface area contributed by atoms with Crippen LogP contribution in [0.15, 0.2) is 73.1 Å². The van der Waals surface area contributed by atoms with Gasteiger partial charge in [0.15, 0.2) is 0 Å². The molecule has 0 radical (unpaired) electrons. The number of rotatable bonds is 6. The van der Waals surface area contributed by atoms with Crippen molar-refractivity contribution in [2.45, 2.75) is 6.61 Å². The monoisotopic (exact) mass is 370 g/mol. The smallest absolute Gasteiger partial charge is 0.127 e. The topological polar surface area (TPSA) is 71.6 Å². The van der Waals surface area contributed by atoms with E-state index in [1.807, 2.05) is 66.9 Å². The molecule has 0 aliphatic carbocycles. The summed E-state index contributed by atoms with van der Waals surface area (Å²) in [5.41, 5.74) is 3.79. The number of anilines is 2. The molecule has 0 aliphatic heterocycles. The van der Waals surface area contributed by atoms with E-state index >= 15 is 0 Å². The molecule has 0 saturated heterocycles. The molecule has 4 rings (SSSR count). The normalized spacial score (nSPS) is 10.6. The third-order valence-electron chi connectivity index (χ3n) is 4.29. The zero-order valence-electron chi connectivity index (χ0n) is 15.3. The zero-order valence-corrected chi connectivity index (χ0v) is 15.3. The van der Waals surface area contributed by atoms with E-state index in [4.69, 9.17) is 9.47 Å². The molecule has 138 valence electrons. The second kappa shape index (κ2) is 7.82. The Bertz CT molecular complexity index is 1130. The van der Waals surface area contributed by atoms with Gasteiger partial charge >= 0.3 is 0 Å². The van der Waals surface area contributed by atoms with E-state index in [1.54, 1.807) is 17.8 Å². The molecule has 2 heterocycles. The maximum absolute atomic E-state index is 9.53. The molecule has 0 spiro atoms. The van der Waals surface area contributed by atoms with E-state index in [-0.39, 0.29) is 0 Å². The van der Waals surface area contributed by atoms with Gasteiger partial charge in [-0.2, -0.15) is 10.4 Å². The molecule has 4 aromatic rings. The van der Waals surface area contributed by atoms with Crippen LogP contribution < -0.4 is 10.1 Å². The molecule has 0 bridgehead atoms. The average Bonchev–Trinajstić information content (AvgIpc) is 3.14. The van der Waals surface area contributed by atoms with Crippen molar-refractivity contribution >= 4 is 16.9 Å². The predicted molar refractivity (Wildman–Crippen MR) is 107 cm³/mol. The van der Waals surface area contributed by atoms with E-state index < -0.39 is 0 Å². The maximum Gasteiger partial charge on any atom is 0.127 e. The van der Waals surface area contributed by atoms with Crippen LogP contribution in [0.4, 0.5) is 11.4 Å². The Hall–Kier alpha value is -3.82. The highest BCUT2D eigenvalue weighted by Gasteiger charge is 2.14. The number of hydrogen-bond acceptors (Lipinski definition) is 5. The third kappa shape index (κ3) is 3.52. The second-order valence-electron chi connectivity index (χ2n) is 6.18. The van der Waals surface area contributed by atoms with Crippen molar-refractivity contribution in [1.29, 1.82) is 5.26 Å². The summed E-state index contributed by atoms with van der Waals surface area (Å²) in [7, 11) is 1.64. The Morgan fingerprint density at radius 1 is 1.04 bits per heavy atom. The van der Waals surface area contributed by atoms with Crippen LogP contribution >= 0.6 is 0 Å². The van der Waals surface area contributed by atoms with E-state index in [0.29, 0.717) is 17.9 Å². The van der Waals surface area contributed by atoms with Gasteiger partial charge in [0.2, 0.25) is 0 Å². The van der Waals surface area contributed by atoms with Crippen LogP contribution in [0.2, 0.25) is 0 Å². The number of ether oxygens (including phenoxy) is 2. The quantitative estimate of drug-likeness (QED) is 0.523. The molecular weight excluding hydrogens is 352 g/mol. The van der Waals surface area contributed by atoms with Gasteiger partial charge < -0.3 is 14.8 Å². The lowest BCUT2D eigenvalue weighted by molar-refractivity contribution is 0.186. The summed E-state index contributed by atoms with van der Waals surface area (Å²) in [5, 5.41) is 17.2. The van der Waals surface area contributed by atoms with Crippen molar-refractivity contribution in [2.75, 3.05) is 12.4 Å². The fraction of sp³-hybridized carbons (Fsp3) is 0.0909. The first kappa shape index (κ1) is 17.6. The van der Waals surface area contributed by atoms with Gasteiger partial charge in [-0.05, 0) is 42.5 Å². The summed E-state index contributed by atoms with van der Waals surface area (Å²) in [6.45, 7) is 0.436. The van der Waals surface area contributed by atoms with Crippen LogP contribution in [0.1, 0.15) is 11.1 Å². The number of benzene rings is 2. The Kier molecular flexibility index (Phi) is 4.91. The molecule has 1 N–H and O–H groups in total. The van der Waals surface area contributed by atoms with Crippen LogP contribution in [0.5, 0.6) is 11.5 Å². The molecule has 6 nitrogen and oxygen atoms in total. The van der Waals surface area contributed by atoms with E-state index in [9.17, 15) is 5.26 Å². The first-order valence-electron chi connectivity index (χ1n) is 8.77. The van der Waals surface area contributed by atoms with Crippen molar-refractivity contribution < 1.29 is 9.47 Å². The van der Waals surface area contributed by atoms with Crippen molar-refractivity contribution in [1.82, 2.24) is 9.61 Å². The predicted octanol–water partition coefficient (Wildman–Crippen LogP) is 4.89. The van der Waals surface area contributed by atoms with Crippen LogP contribution in [0.3, 0.4) is 0 Å². The lowest BCUT2D eigenvalue weighted by Crippen LogP contribution is -2.02. The first-order valence-corrected chi connectivity index (χ1v) is 8.77. The van der Waals surface area contributed by atoms with E-state index in [2.05, 4.69) is 16.5 Å². The number of fused-ring (bicyclic) bond motifs is 1. The summed E-state index contributed by atoms with van der Waals surface area (Å²) < 4.78 is 12.8. The number of nitriles is 1. The van der Waals surface area contributed by atoms with Crippen LogP contribution in [0, 0.1) is 11.3 Å². The average molecular weight is 370 g/mol. The minimum absolute atomic E-state index is 0.436. The van der Waals surface area contributed by atoms with Gasteiger partial charge in [-0.25, -0.2) is 4.52 Å². The Morgan fingerprint density at radius 3 is 2.50 bits per heavy atom. The Morgan fingerprint density at radius 2 is 1.79 bits per heavy atom. The highest BCUT2D eigenvalue weighted by atomic mass is 16.5. The highest BCUT2D eigenvalue weighted by molar-refractivity contribution is 5.84. The van der Waals surface area contributed by atoms with Gasteiger partial charge in [0.1, 0.15) is 17.6 Å². The summed E-state index contributed by atoms with van der Waals surface area (Å²) in [6, 6.07) is 21.4. The molecule has 0 fully saturated rings. The molecule has 0 unspecified atom stereocenters. The van der Waals surface area contributed by atoms with Crippen molar-refractivity contribution in [3.63, 3.8) is 0 Å². The highest BCUT2D eigenvalue weighted by Crippen LogP contribution is 2.30. The molecule has 28 heavy (non-hydrogen) atoms. The third-order valence-corrected chi connectivity index (χ3v) is 4.29. The number of nitrogens with one attached hydrogen (secondary N) is 1. The molecule has 0 aliphatic rings. The van der Waals surface area contributed by atoms with Gasteiger partial charge in [0, 0.05) is 24.6 Å². The van der Waals surface area contributed by atoms with Gasteiger partial charge in [-0.15, -0.1) is 0 Å². The van der Waals surface area contributed by atoms with Crippen LogP contribution in [0.25, 0.3) is 5.52 Å². The van der Waals surface area contributed by atoms with Gasteiger partial charge in [0.25, 0.3) is 0 Å². The SMILES string of the molecule is COCc1ccn2ncc(C#N)c(Nc3ccc(Oc4ccccc4)cc3)c12. The van der Waals surface area contributed by atoms with Crippen LogP contribution in [-0.2, 0) is 11.3 Å². The summed E-state index contributed by atoms with van der Waals surface area (Å²) in [5.74, 6) is 1.52. The van der Waals surface area contributed by atoms with E-state index in [0.717, 1.165) is 28.3 Å². The maximum atomic E-state index is 9.53. The second-order valence-corrected chi connectivity index (χ2v) is 6.18. The largest absolute Gasteiger partial charge is 0.457 e. The van der Waals surface area contributed by atoms with E-state index in [1.165, 1.54) is 0 Å². The fourth-order valence-electron chi connectivity index (χ4n) is 3.00. The Balaban J connectivity index is 1.64. The fourth-order valence-corrected chi connectivity index (χ4v) is 3.00. The lowest BCUT2D eigenvalue weighted by atomic mass is 10.1. The molecule has 6 heteroatoms. The molecule has 0 atom stereocenters. The minimum Gasteiger partial charge on any atom is -0.457 e. The van der Waals surface area contributed by atoms with Gasteiger partial charge in [-0.3, -0.25) is 0 Å². The van der Waals surface area contributed by atoms with Crippen molar-refractivity contribution in [3.8, 4) is 17.6 Å². The van der Waals surface area contributed by atoms with Crippen molar-refractivity contribution in [2.24, 2.45) is 0 Å². The number of para-hydroxylation sites is 1. The number of hydrogen-bond donors (Lipinski definition) is 1. The summed E-state index contributed by atoms with van der Waals surface area (Å²) in [4.78, 5) is 0. The van der Waals surface area contributed by atoms with Gasteiger partial charge in [0.05, 0.1) is 29.6 Å². The molecule has 0 amide bonds. The number of aromatic nitrogens is 2. The first-order chi connectivity index (χ1) is 13.8. The van der Waals surface area contributed by atoms with Crippen molar-refractivity contribution in [3.05, 3.63) is 84.2 Å². The van der Waals surface area contributed by atoms with Gasteiger partial charge in [-0.1, -0.05) is 18.2 Å². The molecule has 0 saturated carbocycles. The standard InChI is InChI=1S/C22H18N4O2/c1-27-15-16-11-12-26-22(16)21(17(13-23)14-24-26)25-18-7-9-20(10-8-18)28-19-5-3-2-4-6-19/h2-12,14,25H,15H2,1H3. The summed E-state index contributed by atoms with van der Waals surface area (Å²) in [6.07, 6.45) is 3.41. The summed E-state index contributed by atoms with van der Waals surface area (Å²) >= 11 is 0. The van der Waals surface area contributed by atoms with Crippen LogP contribution in [-0.4, -0.2) is 16.7 Å². The zero-order chi connectivity index (χ0) is 19.3. The minimum atomic E-state index is 0.436. The number of methoxy groups -OCH3 is 1.